The zero-order valence-electron chi connectivity index (χ0n) is 9.63. The number of amides is 2. The minimum atomic E-state index is -0.281. The number of benzene rings is 1. The minimum Gasteiger partial charge on any atom is -0.354 e. The van der Waals surface area contributed by atoms with Crippen molar-refractivity contribution in [2.75, 3.05) is 13.1 Å². The number of rotatable bonds is 5. The van der Waals surface area contributed by atoms with E-state index in [1.807, 2.05) is 0 Å². The topological polar surface area (TPSA) is 58.2 Å². The molecule has 0 aliphatic rings. The molecule has 0 radical (unpaired) electrons. The average Bonchev–Trinajstić information content (AvgIpc) is 2.29. The summed E-state index contributed by atoms with van der Waals surface area (Å²) in [4.78, 5) is 21.8. The molecule has 0 saturated carbocycles. The van der Waals surface area contributed by atoms with Gasteiger partial charge in [-0.05, 0) is 18.1 Å². The number of hydrogen-bond acceptors (Lipinski definition) is 2. The summed E-state index contributed by atoms with van der Waals surface area (Å²) in [5.41, 5.74) is 0.562. The van der Waals surface area contributed by atoms with Crippen LogP contribution in [0, 0.1) is 5.82 Å². The van der Waals surface area contributed by atoms with Crippen LogP contribution in [0.3, 0.4) is 0 Å². The molecule has 0 bridgehead atoms. The van der Waals surface area contributed by atoms with Crippen LogP contribution in [-0.4, -0.2) is 24.9 Å². The molecule has 5 heteroatoms. The average molecular weight is 238 g/mol. The van der Waals surface area contributed by atoms with Crippen LogP contribution in [0.25, 0.3) is 0 Å². The first-order chi connectivity index (χ1) is 8.09. The summed E-state index contributed by atoms with van der Waals surface area (Å²) >= 11 is 0. The lowest BCUT2D eigenvalue weighted by Gasteiger charge is -2.06. The predicted octanol–water partition coefficient (Wildman–Crippen LogP) is 0.621. The predicted molar refractivity (Wildman–Crippen MR) is 61.8 cm³/mol. The third-order valence-electron chi connectivity index (χ3n) is 2.17. The van der Waals surface area contributed by atoms with Crippen molar-refractivity contribution in [2.45, 2.75) is 13.3 Å². The highest BCUT2D eigenvalue weighted by atomic mass is 19.1. The highest BCUT2D eigenvalue weighted by Crippen LogP contribution is 2.05. The maximum atomic E-state index is 13.2. The van der Waals surface area contributed by atoms with Gasteiger partial charge in [0.05, 0.1) is 6.54 Å². The third-order valence-corrected chi connectivity index (χ3v) is 2.17. The molecule has 0 heterocycles. The molecule has 0 fully saturated rings. The second-order valence-electron chi connectivity index (χ2n) is 3.60. The number of carbonyl (C=O) groups excluding carboxylic acids is 2. The number of halogens is 1. The fraction of sp³-hybridized carbons (Fsp3) is 0.333. The summed E-state index contributed by atoms with van der Waals surface area (Å²) in [5, 5.41) is 4.97. The summed E-state index contributed by atoms with van der Waals surface area (Å²) in [6.07, 6.45) is 0.429. The van der Waals surface area contributed by atoms with Crippen LogP contribution in [0.4, 0.5) is 4.39 Å². The van der Waals surface area contributed by atoms with Gasteiger partial charge in [-0.2, -0.15) is 0 Å². The van der Waals surface area contributed by atoms with Crippen LogP contribution in [0.2, 0.25) is 0 Å². The normalized spacial score (nSPS) is 9.76. The van der Waals surface area contributed by atoms with E-state index in [1.165, 1.54) is 13.0 Å². The Labute approximate surface area is 99.2 Å². The van der Waals surface area contributed by atoms with E-state index < -0.39 is 0 Å². The first-order valence-electron chi connectivity index (χ1n) is 5.34. The van der Waals surface area contributed by atoms with Gasteiger partial charge >= 0.3 is 0 Å². The third kappa shape index (κ3) is 5.10. The van der Waals surface area contributed by atoms with Gasteiger partial charge in [-0.15, -0.1) is 0 Å². The largest absolute Gasteiger partial charge is 0.354 e. The van der Waals surface area contributed by atoms with Crippen molar-refractivity contribution < 1.29 is 14.0 Å². The van der Waals surface area contributed by atoms with E-state index in [2.05, 4.69) is 10.6 Å². The van der Waals surface area contributed by atoms with Crippen LogP contribution in [0.1, 0.15) is 12.5 Å². The molecule has 0 aromatic heterocycles. The molecule has 0 aliphatic heterocycles. The SMILES string of the molecule is CC(=O)NCC(=O)NCCc1ccccc1F. The molecule has 2 N–H and O–H groups in total. The quantitative estimate of drug-likeness (QED) is 0.790. The standard InChI is InChI=1S/C12H15FN2O2/c1-9(16)15-8-12(17)14-7-6-10-4-2-3-5-11(10)13/h2-5H,6-8H2,1H3,(H,14,17)(H,15,16). The first kappa shape index (κ1) is 13.2. The molecule has 0 atom stereocenters. The number of nitrogens with one attached hydrogen (secondary N) is 2. The van der Waals surface area contributed by atoms with Crippen LogP contribution in [-0.2, 0) is 16.0 Å². The molecule has 0 saturated heterocycles. The van der Waals surface area contributed by atoms with Gasteiger partial charge in [0.15, 0.2) is 0 Å². The van der Waals surface area contributed by atoms with Crippen LogP contribution >= 0.6 is 0 Å². The van der Waals surface area contributed by atoms with Crippen molar-refractivity contribution in [3.8, 4) is 0 Å². The van der Waals surface area contributed by atoms with E-state index in [1.54, 1.807) is 18.2 Å². The Morgan fingerprint density at radius 2 is 1.94 bits per heavy atom. The summed E-state index contributed by atoms with van der Waals surface area (Å²) in [5.74, 6) is -0.811. The van der Waals surface area contributed by atoms with Crippen molar-refractivity contribution in [1.82, 2.24) is 10.6 Å². The van der Waals surface area contributed by atoms with Crippen LogP contribution in [0.15, 0.2) is 24.3 Å². The second kappa shape index (κ2) is 6.62. The summed E-state index contributed by atoms with van der Waals surface area (Å²) in [6.45, 7) is 1.64. The van der Waals surface area contributed by atoms with Gasteiger partial charge in [-0.3, -0.25) is 9.59 Å². The van der Waals surface area contributed by atoms with Gasteiger partial charge in [0.25, 0.3) is 0 Å². The Morgan fingerprint density at radius 1 is 1.24 bits per heavy atom. The lowest BCUT2D eigenvalue weighted by atomic mass is 10.1. The van der Waals surface area contributed by atoms with Gasteiger partial charge in [0.2, 0.25) is 11.8 Å². The van der Waals surface area contributed by atoms with E-state index in [0.717, 1.165) is 0 Å². The molecule has 0 aliphatic carbocycles. The highest BCUT2D eigenvalue weighted by molar-refractivity contribution is 5.83. The van der Waals surface area contributed by atoms with Crippen molar-refractivity contribution in [1.29, 1.82) is 0 Å². The molecule has 1 rings (SSSR count). The van der Waals surface area contributed by atoms with Crippen molar-refractivity contribution in [3.05, 3.63) is 35.6 Å². The Balaban J connectivity index is 2.26. The maximum absolute atomic E-state index is 13.2. The molecule has 17 heavy (non-hydrogen) atoms. The first-order valence-corrected chi connectivity index (χ1v) is 5.34. The fourth-order valence-electron chi connectivity index (χ4n) is 1.30. The molecule has 2 amide bonds. The molecule has 0 unspecified atom stereocenters. The van der Waals surface area contributed by atoms with Gasteiger partial charge in [-0.25, -0.2) is 4.39 Å². The second-order valence-corrected chi connectivity index (χ2v) is 3.60. The smallest absolute Gasteiger partial charge is 0.239 e. The number of carbonyl (C=O) groups is 2. The zero-order chi connectivity index (χ0) is 12.7. The van der Waals surface area contributed by atoms with Crippen molar-refractivity contribution in [3.63, 3.8) is 0 Å². The minimum absolute atomic E-state index is 0.0490. The van der Waals surface area contributed by atoms with Crippen LogP contribution in [0.5, 0.6) is 0 Å². The molecule has 92 valence electrons. The van der Waals surface area contributed by atoms with Gasteiger partial charge in [0.1, 0.15) is 5.82 Å². The summed E-state index contributed by atoms with van der Waals surface area (Å²) < 4.78 is 13.2. The lowest BCUT2D eigenvalue weighted by molar-refractivity contribution is -0.125. The van der Waals surface area contributed by atoms with Crippen molar-refractivity contribution >= 4 is 11.8 Å². The fourth-order valence-corrected chi connectivity index (χ4v) is 1.30. The Bertz CT molecular complexity index is 407. The molecule has 1 aromatic rings. The van der Waals surface area contributed by atoms with Crippen molar-refractivity contribution in [2.24, 2.45) is 0 Å². The highest BCUT2D eigenvalue weighted by Gasteiger charge is 2.03. The molecule has 4 nitrogen and oxygen atoms in total. The van der Waals surface area contributed by atoms with E-state index in [0.29, 0.717) is 18.5 Å². The van der Waals surface area contributed by atoms with Gasteiger partial charge < -0.3 is 10.6 Å². The monoisotopic (exact) mass is 238 g/mol. The molecular formula is C12H15FN2O2. The maximum Gasteiger partial charge on any atom is 0.239 e. The molecular weight excluding hydrogens is 223 g/mol. The van der Waals surface area contributed by atoms with Gasteiger partial charge in [-0.1, -0.05) is 18.2 Å². The van der Waals surface area contributed by atoms with E-state index >= 15 is 0 Å². The van der Waals surface area contributed by atoms with E-state index in [9.17, 15) is 14.0 Å². The van der Waals surface area contributed by atoms with E-state index in [-0.39, 0.29) is 24.2 Å². The van der Waals surface area contributed by atoms with E-state index in [4.69, 9.17) is 0 Å². The molecule has 0 spiro atoms. The van der Waals surface area contributed by atoms with Gasteiger partial charge in [0, 0.05) is 13.5 Å². The van der Waals surface area contributed by atoms with Crippen LogP contribution < -0.4 is 10.6 Å². The Hall–Kier alpha value is -1.91. The number of hydrogen-bond donors (Lipinski definition) is 2. The summed E-state index contributed by atoms with van der Waals surface area (Å²) in [7, 11) is 0. The Kier molecular flexibility index (Phi) is 5.13. The Morgan fingerprint density at radius 3 is 2.59 bits per heavy atom. The lowest BCUT2D eigenvalue weighted by Crippen LogP contribution is -2.36. The zero-order valence-corrected chi connectivity index (χ0v) is 9.63. The summed E-state index contributed by atoms with van der Waals surface area (Å²) in [6, 6.07) is 6.43. The molecule has 1 aromatic carbocycles.